The average molecular weight is 308 g/mol. The molecule has 0 spiro atoms. The Balaban J connectivity index is 2.25. The summed E-state index contributed by atoms with van der Waals surface area (Å²) in [6.45, 7) is 2.33. The number of ether oxygens (including phenoxy) is 2. The summed E-state index contributed by atoms with van der Waals surface area (Å²) in [7, 11) is 3.14. The van der Waals surface area contributed by atoms with Gasteiger partial charge in [0.1, 0.15) is 17.2 Å². The number of methoxy groups -OCH3 is 2. The van der Waals surface area contributed by atoms with Gasteiger partial charge in [-0.3, -0.25) is 0 Å². The maximum Gasteiger partial charge on any atom is 0.143 e. The molecular formula is C16H18ClNO3. The monoisotopic (exact) mass is 307 g/mol. The first-order chi connectivity index (χ1) is 10.1. The Morgan fingerprint density at radius 1 is 1.14 bits per heavy atom. The molecule has 0 aliphatic carbocycles. The van der Waals surface area contributed by atoms with Gasteiger partial charge in [0.2, 0.25) is 0 Å². The van der Waals surface area contributed by atoms with Gasteiger partial charge < -0.3 is 19.9 Å². The van der Waals surface area contributed by atoms with Gasteiger partial charge in [0.25, 0.3) is 0 Å². The molecule has 2 aromatic carbocycles. The first-order valence-electron chi connectivity index (χ1n) is 6.49. The zero-order chi connectivity index (χ0) is 15.4. The molecule has 0 amide bonds. The van der Waals surface area contributed by atoms with Crippen LogP contribution in [0.15, 0.2) is 30.3 Å². The van der Waals surface area contributed by atoms with Crippen molar-refractivity contribution in [3.8, 4) is 17.2 Å². The first kappa shape index (κ1) is 15.3. The third-order valence-corrected chi connectivity index (χ3v) is 3.56. The minimum Gasteiger partial charge on any atom is -0.507 e. The van der Waals surface area contributed by atoms with Gasteiger partial charge in [-0.25, -0.2) is 0 Å². The third-order valence-electron chi connectivity index (χ3n) is 3.26. The molecule has 0 unspecified atom stereocenters. The molecule has 112 valence electrons. The number of hydrogen-bond donors (Lipinski definition) is 2. The number of para-hydroxylation sites is 1. The minimum atomic E-state index is 0.296. The van der Waals surface area contributed by atoms with Crippen LogP contribution in [0.5, 0.6) is 17.2 Å². The molecule has 0 radical (unpaired) electrons. The summed E-state index contributed by atoms with van der Waals surface area (Å²) in [5, 5.41) is 13.7. The second-order valence-corrected chi connectivity index (χ2v) is 5.03. The first-order valence-corrected chi connectivity index (χ1v) is 6.87. The molecule has 0 aliphatic heterocycles. The molecule has 2 rings (SSSR count). The summed E-state index contributed by atoms with van der Waals surface area (Å²) in [4.78, 5) is 0. The number of benzene rings is 2. The maximum atomic E-state index is 10.0. The number of rotatable bonds is 5. The van der Waals surface area contributed by atoms with Crippen molar-refractivity contribution in [3.05, 3.63) is 46.5 Å². The largest absolute Gasteiger partial charge is 0.507 e. The Morgan fingerprint density at radius 3 is 2.52 bits per heavy atom. The van der Waals surface area contributed by atoms with E-state index in [4.69, 9.17) is 21.1 Å². The highest BCUT2D eigenvalue weighted by molar-refractivity contribution is 6.32. The Bertz CT molecular complexity index is 644. The number of aromatic hydroxyl groups is 1. The van der Waals surface area contributed by atoms with E-state index < -0.39 is 0 Å². The van der Waals surface area contributed by atoms with Crippen LogP contribution in [0, 0.1) is 6.92 Å². The van der Waals surface area contributed by atoms with Crippen LogP contribution < -0.4 is 14.8 Å². The van der Waals surface area contributed by atoms with Crippen molar-refractivity contribution in [2.75, 3.05) is 19.5 Å². The normalized spacial score (nSPS) is 10.3. The zero-order valence-corrected chi connectivity index (χ0v) is 13.0. The van der Waals surface area contributed by atoms with E-state index in [1.54, 1.807) is 26.4 Å². The van der Waals surface area contributed by atoms with E-state index in [0.29, 0.717) is 28.8 Å². The van der Waals surface area contributed by atoms with Crippen molar-refractivity contribution in [3.63, 3.8) is 0 Å². The molecular weight excluding hydrogens is 290 g/mol. The van der Waals surface area contributed by atoms with Gasteiger partial charge in [0.05, 0.1) is 24.9 Å². The quantitative estimate of drug-likeness (QED) is 0.877. The topological polar surface area (TPSA) is 50.7 Å². The number of hydrogen-bond acceptors (Lipinski definition) is 4. The van der Waals surface area contributed by atoms with E-state index in [1.165, 1.54) is 0 Å². The molecule has 0 saturated heterocycles. The summed E-state index contributed by atoms with van der Waals surface area (Å²) >= 11 is 6.07. The van der Waals surface area contributed by atoms with E-state index in [9.17, 15) is 5.11 Å². The highest BCUT2D eigenvalue weighted by atomic mass is 35.5. The lowest BCUT2D eigenvalue weighted by atomic mass is 10.1. The van der Waals surface area contributed by atoms with Crippen LogP contribution in [0.3, 0.4) is 0 Å². The minimum absolute atomic E-state index is 0.296. The highest BCUT2D eigenvalue weighted by Gasteiger charge is 2.11. The fraction of sp³-hybridized carbons (Fsp3) is 0.250. The molecule has 0 heterocycles. The fourth-order valence-corrected chi connectivity index (χ4v) is 2.28. The van der Waals surface area contributed by atoms with Crippen molar-refractivity contribution in [2.45, 2.75) is 13.5 Å². The van der Waals surface area contributed by atoms with E-state index in [2.05, 4.69) is 5.32 Å². The van der Waals surface area contributed by atoms with Gasteiger partial charge in [-0.15, -0.1) is 0 Å². The molecule has 4 nitrogen and oxygen atoms in total. The van der Waals surface area contributed by atoms with Crippen LogP contribution in [0.2, 0.25) is 5.02 Å². The van der Waals surface area contributed by atoms with E-state index in [-0.39, 0.29) is 0 Å². The smallest absolute Gasteiger partial charge is 0.143 e. The van der Waals surface area contributed by atoms with Crippen LogP contribution in [-0.4, -0.2) is 19.3 Å². The van der Waals surface area contributed by atoms with E-state index in [1.807, 2.05) is 25.1 Å². The molecule has 0 saturated carbocycles. The van der Waals surface area contributed by atoms with Crippen molar-refractivity contribution in [2.24, 2.45) is 0 Å². The van der Waals surface area contributed by atoms with Crippen molar-refractivity contribution in [1.29, 1.82) is 0 Å². The molecule has 5 heteroatoms. The van der Waals surface area contributed by atoms with Crippen LogP contribution in [0.25, 0.3) is 0 Å². The Kier molecular flexibility index (Phi) is 4.81. The van der Waals surface area contributed by atoms with Gasteiger partial charge in [-0.2, -0.15) is 0 Å². The molecule has 0 atom stereocenters. The lowest BCUT2D eigenvalue weighted by molar-refractivity contribution is 0.404. The molecule has 2 aromatic rings. The van der Waals surface area contributed by atoms with Crippen molar-refractivity contribution >= 4 is 17.3 Å². The highest BCUT2D eigenvalue weighted by Crippen LogP contribution is 2.36. The number of anilines is 1. The molecule has 0 fully saturated rings. The second-order valence-electron chi connectivity index (χ2n) is 4.62. The van der Waals surface area contributed by atoms with Gasteiger partial charge in [0, 0.05) is 24.2 Å². The SMILES string of the molecule is COc1cc(NCc2cccc(C)c2O)c(OC)cc1Cl. The third kappa shape index (κ3) is 3.34. The number of phenolic OH excluding ortho intramolecular Hbond substituents is 1. The number of halogens is 1. The van der Waals surface area contributed by atoms with Crippen molar-refractivity contribution in [1.82, 2.24) is 0 Å². The predicted molar refractivity (Wildman–Crippen MR) is 84.7 cm³/mol. The van der Waals surface area contributed by atoms with Gasteiger partial charge in [0.15, 0.2) is 0 Å². The second kappa shape index (κ2) is 6.59. The number of phenols is 1. The lowest BCUT2D eigenvalue weighted by Gasteiger charge is -2.15. The zero-order valence-electron chi connectivity index (χ0n) is 12.2. The summed E-state index contributed by atoms with van der Waals surface area (Å²) in [6, 6.07) is 9.11. The molecule has 21 heavy (non-hydrogen) atoms. The van der Waals surface area contributed by atoms with Crippen LogP contribution in [-0.2, 0) is 6.54 Å². The fourth-order valence-electron chi connectivity index (χ4n) is 2.05. The molecule has 2 N–H and O–H groups in total. The molecule has 0 aromatic heterocycles. The van der Waals surface area contributed by atoms with Crippen molar-refractivity contribution < 1.29 is 14.6 Å². The molecule has 0 aliphatic rings. The van der Waals surface area contributed by atoms with Crippen LogP contribution in [0.4, 0.5) is 5.69 Å². The lowest BCUT2D eigenvalue weighted by Crippen LogP contribution is -2.03. The van der Waals surface area contributed by atoms with E-state index >= 15 is 0 Å². The maximum absolute atomic E-state index is 10.0. The number of aryl methyl sites for hydroxylation is 1. The van der Waals surface area contributed by atoms with E-state index in [0.717, 1.165) is 16.8 Å². The number of nitrogens with one attached hydrogen (secondary N) is 1. The Labute approximate surface area is 129 Å². The standard InChI is InChI=1S/C16H18ClNO3/c1-10-5-4-6-11(16(10)19)9-18-13-8-14(20-2)12(17)7-15(13)21-3/h4-8,18-19H,9H2,1-3H3. The molecule has 0 bridgehead atoms. The Morgan fingerprint density at radius 2 is 1.86 bits per heavy atom. The average Bonchev–Trinajstić information content (AvgIpc) is 2.49. The van der Waals surface area contributed by atoms with Gasteiger partial charge >= 0.3 is 0 Å². The van der Waals surface area contributed by atoms with Gasteiger partial charge in [-0.1, -0.05) is 29.8 Å². The Hall–Kier alpha value is -2.07. The van der Waals surface area contributed by atoms with Crippen LogP contribution in [0.1, 0.15) is 11.1 Å². The van der Waals surface area contributed by atoms with Crippen LogP contribution >= 0.6 is 11.6 Å². The van der Waals surface area contributed by atoms with Gasteiger partial charge in [-0.05, 0) is 12.5 Å². The summed E-state index contributed by atoms with van der Waals surface area (Å²) in [5.74, 6) is 1.48. The summed E-state index contributed by atoms with van der Waals surface area (Å²) < 4.78 is 10.5. The summed E-state index contributed by atoms with van der Waals surface area (Å²) in [5.41, 5.74) is 2.40. The predicted octanol–water partition coefficient (Wildman–Crippen LogP) is 3.98. The summed E-state index contributed by atoms with van der Waals surface area (Å²) in [6.07, 6.45) is 0.